The van der Waals surface area contributed by atoms with Crippen molar-refractivity contribution in [3.8, 4) is 5.88 Å². The highest BCUT2D eigenvalue weighted by Gasteiger charge is 2.37. The molecule has 1 aromatic rings. The van der Waals surface area contributed by atoms with E-state index in [1.807, 2.05) is 0 Å². The minimum absolute atomic E-state index is 0.105. The van der Waals surface area contributed by atoms with E-state index in [0.717, 1.165) is 0 Å². The first kappa shape index (κ1) is 12.6. The van der Waals surface area contributed by atoms with Crippen LogP contribution >= 0.6 is 0 Å². The van der Waals surface area contributed by atoms with Crippen molar-refractivity contribution >= 4 is 11.8 Å². The molecule has 7 heteroatoms. The Bertz CT molecular complexity index is 440. The highest BCUT2D eigenvalue weighted by Crippen LogP contribution is 2.26. The number of hydrogen-bond acceptors (Lipinski definition) is 6. The molecule has 2 atom stereocenters. The average molecular weight is 253 g/mol. The average Bonchev–Trinajstić information content (AvgIpc) is 2.83. The van der Waals surface area contributed by atoms with E-state index in [-0.39, 0.29) is 6.10 Å². The molecule has 0 spiro atoms. The largest absolute Gasteiger partial charge is 0.481 e. The van der Waals surface area contributed by atoms with Crippen LogP contribution in [0, 0.1) is 0 Å². The van der Waals surface area contributed by atoms with Crippen molar-refractivity contribution < 1.29 is 19.4 Å². The molecular formula is C11H15N3O4. The van der Waals surface area contributed by atoms with E-state index in [0.29, 0.717) is 24.7 Å². The molecule has 2 heterocycles. The summed E-state index contributed by atoms with van der Waals surface area (Å²) in [6, 6.07) is 0.989. The molecule has 18 heavy (non-hydrogen) atoms. The summed E-state index contributed by atoms with van der Waals surface area (Å²) >= 11 is 0. The van der Waals surface area contributed by atoms with Gasteiger partial charge in [-0.2, -0.15) is 0 Å². The molecule has 0 bridgehead atoms. The molecule has 0 radical (unpaired) electrons. The third kappa shape index (κ3) is 2.35. The van der Waals surface area contributed by atoms with Crippen molar-refractivity contribution in [2.24, 2.45) is 0 Å². The SMILES string of the molecule is COc1cc(N2CC(OC)CC2C(=O)O)ncn1. The van der Waals surface area contributed by atoms with E-state index in [9.17, 15) is 9.90 Å². The standard InChI is InChI=1S/C11H15N3O4/c1-17-7-3-8(11(15)16)14(5-7)9-4-10(18-2)13-6-12-9/h4,6-8H,3,5H2,1-2H3,(H,15,16). The van der Waals surface area contributed by atoms with Crippen LogP contribution in [0.5, 0.6) is 5.88 Å². The number of aliphatic carboxylic acids is 1. The molecule has 0 saturated carbocycles. The lowest BCUT2D eigenvalue weighted by atomic mass is 10.2. The van der Waals surface area contributed by atoms with Gasteiger partial charge in [0, 0.05) is 26.1 Å². The molecule has 1 aromatic heterocycles. The van der Waals surface area contributed by atoms with Crippen LogP contribution in [0.2, 0.25) is 0 Å². The maximum absolute atomic E-state index is 11.2. The monoisotopic (exact) mass is 253 g/mol. The number of methoxy groups -OCH3 is 2. The number of anilines is 1. The number of carboxylic acid groups (broad SMARTS) is 1. The highest BCUT2D eigenvalue weighted by molar-refractivity contribution is 5.78. The summed E-state index contributed by atoms with van der Waals surface area (Å²) in [6.07, 6.45) is 1.69. The Balaban J connectivity index is 2.26. The van der Waals surface area contributed by atoms with E-state index in [4.69, 9.17) is 9.47 Å². The lowest BCUT2D eigenvalue weighted by molar-refractivity contribution is -0.138. The van der Waals surface area contributed by atoms with Gasteiger partial charge in [0.25, 0.3) is 0 Å². The molecule has 2 unspecified atom stereocenters. The number of ether oxygens (including phenoxy) is 2. The van der Waals surface area contributed by atoms with Crippen LogP contribution in [-0.4, -0.2) is 54.0 Å². The number of nitrogens with zero attached hydrogens (tertiary/aromatic N) is 3. The van der Waals surface area contributed by atoms with Crippen molar-refractivity contribution in [3.63, 3.8) is 0 Å². The fourth-order valence-corrected chi connectivity index (χ4v) is 2.05. The van der Waals surface area contributed by atoms with Gasteiger partial charge >= 0.3 is 5.97 Å². The molecule has 0 aliphatic carbocycles. The smallest absolute Gasteiger partial charge is 0.326 e. The third-order valence-corrected chi connectivity index (χ3v) is 3.01. The van der Waals surface area contributed by atoms with Gasteiger partial charge in [-0.05, 0) is 0 Å². The zero-order chi connectivity index (χ0) is 13.1. The zero-order valence-electron chi connectivity index (χ0n) is 10.2. The van der Waals surface area contributed by atoms with Gasteiger partial charge in [-0.3, -0.25) is 0 Å². The van der Waals surface area contributed by atoms with Crippen LogP contribution in [-0.2, 0) is 9.53 Å². The maximum Gasteiger partial charge on any atom is 0.326 e. The Morgan fingerprint density at radius 2 is 2.28 bits per heavy atom. The van der Waals surface area contributed by atoms with Gasteiger partial charge in [0.05, 0.1) is 13.2 Å². The molecule has 98 valence electrons. The summed E-state index contributed by atoms with van der Waals surface area (Å²) in [5, 5.41) is 9.21. The molecule has 0 aromatic carbocycles. The second-order valence-corrected chi connectivity index (χ2v) is 4.02. The molecule has 1 fully saturated rings. The number of aromatic nitrogens is 2. The number of carboxylic acids is 1. The van der Waals surface area contributed by atoms with Crippen LogP contribution in [0.4, 0.5) is 5.82 Å². The van der Waals surface area contributed by atoms with E-state index in [1.165, 1.54) is 13.4 Å². The fraction of sp³-hybridized carbons (Fsp3) is 0.545. The normalized spacial score (nSPS) is 23.1. The van der Waals surface area contributed by atoms with E-state index in [2.05, 4.69) is 9.97 Å². The fourth-order valence-electron chi connectivity index (χ4n) is 2.05. The molecular weight excluding hydrogens is 238 g/mol. The first-order valence-electron chi connectivity index (χ1n) is 5.54. The van der Waals surface area contributed by atoms with Gasteiger partial charge in [0.15, 0.2) is 0 Å². The topological polar surface area (TPSA) is 84.8 Å². The van der Waals surface area contributed by atoms with E-state index in [1.54, 1.807) is 18.1 Å². The van der Waals surface area contributed by atoms with Crippen molar-refractivity contribution in [2.75, 3.05) is 25.7 Å². The lowest BCUT2D eigenvalue weighted by Gasteiger charge is -2.22. The van der Waals surface area contributed by atoms with Gasteiger partial charge in [-0.15, -0.1) is 0 Å². The molecule has 2 rings (SSSR count). The Morgan fingerprint density at radius 1 is 1.50 bits per heavy atom. The summed E-state index contributed by atoms with van der Waals surface area (Å²) in [5.74, 6) is 0.0611. The van der Waals surface area contributed by atoms with Gasteiger partial charge < -0.3 is 19.5 Å². The highest BCUT2D eigenvalue weighted by atomic mass is 16.5. The number of hydrogen-bond donors (Lipinski definition) is 1. The van der Waals surface area contributed by atoms with Gasteiger partial charge in [-0.25, -0.2) is 14.8 Å². The van der Waals surface area contributed by atoms with Crippen LogP contribution in [0.15, 0.2) is 12.4 Å². The Kier molecular flexibility index (Phi) is 3.61. The van der Waals surface area contributed by atoms with Crippen LogP contribution in [0.25, 0.3) is 0 Å². The molecule has 1 aliphatic rings. The van der Waals surface area contributed by atoms with Gasteiger partial charge in [-0.1, -0.05) is 0 Å². The minimum atomic E-state index is -0.882. The second-order valence-electron chi connectivity index (χ2n) is 4.02. The van der Waals surface area contributed by atoms with E-state index < -0.39 is 12.0 Å². The van der Waals surface area contributed by atoms with Crippen molar-refractivity contribution in [3.05, 3.63) is 12.4 Å². The lowest BCUT2D eigenvalue weighted by Crippen LogP contribution is -2.36. The van der Waals surface area contributed by atoms with Crippen LogP contribution in [0.1, 0.15) is 6.42 Å². The Labute approximate surface area is 104 Å². The molecule has 1 saturated heterocycles. The van der Waals surface area contributed by atoms with Crippen LogP contribution < -0.4 is 9.64 Å². The minimum Gasteiger partial charge on any atom is -0.481 e. The Hall–Kier alpha value is -1.89. The molecule has 7 nitrogen and oxygen atoms in total. The summed E-state index contributed by atoms with van der Waals surface area (Å²) in [7, 11) is 3.08. The number of rotatable bonds is 4. The summed E-state index contributed by atoms with van der Waals surface area (Å²) in [6.45, 7) is 0.494. The molecule has 0 amide bonds. The van der Waals surface area contributed by atoms with E-state index >= 15 is 0 Å². The molecule has 1 aliphatic heterocycles. The first-order valence-corrected chi connectivity index (χ1v) is 5.54. The summed E-state index contributed by atoms with van der Waals surface area (Å²) < 4.78 is 10.2. The van der Waals surface area contributed by atoms with Gasteiger partial charge in [0.2, 0.25) is 5.88 Å². The van der Waals surface area contributed by atoms with Crippen molar-refractivity contribution in [2.45, 2.75) is 18.6 Å². The maximum atomic E-state index is 11.2. The summed E-state index contributed by atoms with van der Waals surface area (Å²) in [4.78, 5) is 20.9. The number of carbonyl (C=O) groups is 1. The predicted octanol–water partition coefficient (Wildman–Crippen LogP) is 0.163. The Morgan fingerprint density at radius 3 is 2.89 bits per heavy atom. The first-order chi connectivity index (χ1) is 8.65. The van der Waals surface area contributed by atoms with Gasteiger partial charge in [0.1, 0.15) is 18.2 Å². The zero-order valence-corrected chi connectivity index (χ0v) is 10.2. The third-order valence-electron chi connectivity index (χ3n) is 3.01. The van der Waals surface area contributed by atoms with Crippen molar-refractivity contribution in [1.82, 2.24) is 9.97 Å². The van der Waals surface area contributed by atoms with Crippen LogP contribution in [0.3, 0.4) is 0 Å². The molecule has 1 N–H and O–H groups in total. The summed E-state index contributed by atoms with van der Waals surface area (Å²) in [5.41, 5.74) is 0. The van der Waals surface area contributed by atoms with Crippen molar-refractivity contribution in [1.29, 1.82) is 0 Å². The predicted molar refractivity (Wildman–Crippen MR) is 62.8 cm³/mol. The quantitative estimate of drug-likeness (QED) is 0.818. The second kappa shape index (κ2) is 5.18.